The summed E-state index contributed by atoms with van der Waals surface area (Å²) >= 11 is 0. The van der Waals surface area contributed by atoms with Crippen LogP contribution in [-0.4, -0.2) is 70.2 Å². The van der Waals surface area contributed by atoms with Crippen molar-refractivity contribution in [3.8, 4) is 0 Å². The molecule has 1 aromatic carbocycles. The molecule has 2 N–H and O–H groups in total. The van der Waals surface area contributed by atoms with Crippen LogP contribution in [0.5, 0.6) is 0 Å². The molecular weight excluding hydrogens is 411 g/mol. The number of amides is 2. The number of carbonyl (C=O) groups excluding carboxylic acids is 1. The van der Waals surface area contributed by atoms with Crippen LogP contribution >= 0.6 is 0 Å². The number of halogens is 1. The molecule has 4 saturated heterocycles. The molecule has 176 valence electrons. The molecule has 2 atom stereocenters. The molecule has 0 spiro atoms. The van der Waals surface area contributed by atoms with E-state index >= 15 is 4.39 Å². The Labute approximate surface area is 189 Å². The minimum Gasteiger partial charge on any atom is -0.381 e. The number of nitrogens with zero attached hydrogens (tertiary/aromatic N) is 2. The highest BCUT2D eigenvalue weighted by atomic mass is 19.1. The monoisotopic (exact) mass is 446 g/mol. The van der Waals surface area contributed by atoms with E-state index in [0.717, 1.165) is 25.7 Å². The van der Waals surface area contributed by atoms with Crippen LogP contribution in [0, 0.1) is 11.7 Å². The first-order chi connectivity index (χ1) is 15.7. The van der Waals surface area contributed by atoms with Crippen molar-refractivity contribution >= 4 is 17.4 Å². The van der Waals surface area contributed by atoms with Gasteiger partial charge in [0, 0.05) is 56.7 Å². The lowest BCUT2D eigenvalue weighted by Gasteiger charge is -2.35. The Morgan fingerprint density at radius 2 is 1.75 bits per heavy atom. The van der Waals surface area contributed by atoms with Gasteiger partial charge in [-0.25, -0.2) is 9.18 Å². The van der Waals surface area contributed by atoms with Crippen LogP contribution in [0.25, 0.3) is 0 Å². The van der Waals surface area contributed by atoms with Gasteiger partial charge >= 0.3 is 6.03 Å². The fraction of sp³-hybridized carbons (Fsp3) is 0.708. The van der Waals surface area contributed by atoms with Gasteiger partial charge in [0.2, 0.25) is 0 Å². The molecule has 32 heavy (non-hydrogen) atoms. The topological polar surface area (TPSA) is 66.1 Å². The average molecular weight is 447 g/mol. The predicted octanol–water partition coefficient (Wildman–Crippen LogP) is 2.89. The maximum atomic E-state index is 15.2. The second-order valence-electron chi connectivity index (χ2n) is 9.66. The molecule has 4 aliphatic rings. The molecule has 2 amide bonds. The van der Waals surface area contributed by atoms with E-state index < -0.39 is 0 Å². The molecule has 5 rings (SSSR count). The highest BCUT2D eigenvalue weighted by molar-refractivity contribution is 5.92. The molecular formula is C24H35FN4O3. The Kier molecular flexibility index (Phi) is 6.80. The van der Waals surface area contributed by atoms with Crippen molar-refractivity contribution in [3.05, 3.63) is 24.0 Å². The minimum absolute atomic E-state index is 0.112. The summed E-state index contributed by atoms with van der Waals surface area (Å²) in [5, 5.41) is 6.86. The third-order valence-electron chi connectivity index (χ3n) is 7.40. The molecule has 7 nitrogen and oxygen atoms in total. The van der Waals surface area contributed by atoms with E-state index in [2.05, 4.69) is 10.6 Å². The molecule has 4 heterocycles. The quantitative estimate of drug-likeness (QED) is 0.728. The smallest absolute Gasteiger partial charge is 0.322 e. The number of urea groups is 1. The normalized spacial score (nSPS) is 28.5. The van der Waals surface area contributed by atoms with Gasteiger partial charge in [0.15, 0.2) is 0 Å². The van der Waals surface area contributed by atoms with Gasteiger partial charge in [-0.15, -0.1) is 0 Å². The Hall–Kier alpha value is -1.90. The number of rotatable bonds is 5. The van der Waals surface area contributed by atoms with Gasteiger partial charge in [-0.05, 0) is 62.6 Å². The predicted molar refractivity (Wildman–Crippen MR) is 122 cm³/mol. The summed E-state index contributed by atoms with van der Waals surface area (Å²) in [6, 6.07) is 6.34. The number of anilines is 2. The summed E-state index contributed by atoms with van der Waals surface area (Å²) in [5.74, 6) is 0.148. The van der Waals surface area contributed by atoms with Gasteiger partial charge < -0.3 is 25.0 Å². The average Bonchev–Trinajstić information content (AvgIpc) is 3.16. The van der Waals surface area contributed by atoms with Crippen molar-refractivity contribution in [2.24, 2.45) is 5.92 Å². The van der Waals surface area contributed by atoms with E-state index in [0.29, 0.717) is 75.4 Å². The van der Waals surface area contributed by atoms with Crippen molar-refractivity contribution in [1.29, 1.82) is 0 Å². The minimum atomic E-state index is -0.279. The zero-order chi connectivity index (χ0) is 21.9. The largest absolute Gasteiger partial charge is 0.381 e. The fourth-order valence-electron chi connectivity index (χ4n) is 5.71. The lowest BCUT2D eigenvalue weighted by molar-refractivity contribution is 0.0803. The summed E-state index contributed by atoms with van der Waals surface area (Å²) in [4.78, 5) is 17.2. The van der Waals surface area contributed by atoms with Gasteiger partial charge in [0.25, 0.3) is 0 Å². The molecule has 0 saturated carbocycles. The molecule has 2 bridgehead atoms. The fourth-order valence-corrected chi connectivity index (χ4v) is 5.71. The summed E-state index contributed by atoms with van der Waals surface area (Å²) in [6.07, 6.45) is 6.23. The molecule has 0 aromatic heterocycles. The molecule has 8 heteroatoms. The van der Waals surface area contributed by atoms with Crippen LogP contribution in [0.1, 0.15) is 38.5 Å². The third-order valence-corrected chi connectivity index (χ3v) is 7.40. The standard InChI is InChI=1S/C24H35FN4O3/c25-22-15-21(3-4-23(22)28-7-11-32-12-8-28)29(24(30)27-18-5-9-31-10-6-18)16-17-13-19-1-2-20(14-17)26-19/h3-4,15,17-20,26H,1-2,5-14,16H2,(H,27,30). The van der Waals surface area contributed by atoms with E-state index in [-0.39, 0.29) is 17.9 Å². The summed E-state index contributed by atoms with van der Waals surface area (Å²) in [6.45, 7) is 4.55. The Balaban J connectivity index is 1.34. The van der Waals surface area contributed by atoms with Crippen molar-refractivity contribution in [2.75, 3.05) is 55.9 Å². The van der Waals surface area contributed by atoms with Crippen LogP contribution in [0.2, 0.25) is 0 Å². The van der Waals surface area contributed by atoms with Crippen molar-refractivity contribution in [1.82, 2.24) is 10.6 Å². The Bertz CT molecular complexity index is 785. The second kappa shape index (κ2) is 9.93. The number of hydrogen-bond acceptors (Lipinski definition) is 5. The van der Waals surface area contributed by atoms with Crippen molar-refractivity contribution < 1.29 is 18.7 Å². The molecule has 0 radical (unpaired) electrons. The van der Waals surface area contributed by atoms with Gasteiger partial charge in [0.1, 0.15) is 5.82 Å². The van der Waals surface area contributed by atoms with Crippen LogP contribution in [0.3, 0.4) is 0 Å². The summed E-state index contributed by atoms with van der Waals surface area (Å²) in [5.41, 5.74) is 1.22. The van der Waals surface area contributed by atoms with E-state index in [4.69, 9.17) is 9.47 Å². The van der Waals surface area contributed by atoms with E-state index in [1.54, 1.807) is 4.90 Å². The van der Waals surface area contributed by atoms with Crippen LogP contribution in [0.4, 0.5) is 20.6 Å². The number of nitrogens with one attached hydrogen (secondary N) is 2. The van der Waals surface area contributed by atoms with Gasteiger partial charge in [-0.3, -0.25) is 4.90 Å². The Morgan fingerprint density at radius 3 is 2.44 bits per heavy atom. The zero-order valence-electron chi connectivity index (χ0n) is 18.7. The Morgan fingerprint density at radius 1 is 1.06 bits per heavy atom. The highest BCUT2D eigenvalue weighted by Crippen LogP contribution is 2.33. The first-order valence-electron chi connectivity index (χ1n) is 12.2. The molecule has 2 unspecified atom stereocenters. The molecule has 4 fully saturated rings. The highest BCUT2D eigenvalue weighted by Gasteiger charge is 2.35. The van der Waals surface area contributed by atoms with Gasteiger partial charge in [-0.1, -0.05) is 0 Å². The van der Waals surface area contributed by atoms with E-state index in [1.165, 1.54) is 18.9 Å². The first kappa shape index (κ1) is 21.9. The SMILES string of the molecule is O=C(NC1CCOCC1)N(CC1CC2CCC(C1)N2)c1ccc(N2CCOCC2)c(F)c1. The number of piperidine rings is 1. The number of carbonyl (C=O) groups is 1. The number of fused-ring (bicyclic) bond motifs is 2. The molecule has 4 aliphatic heterocycles. The summed E-state index contributed by atoms with van der Waals surface area (Å²) < 4.78 is 26.0. The number of benzene rings is 1. The zero-order valence-corrected chi connectivity index (χ0v) is 18.7. The number of ether oxygens (including phenoxy) is 2. The molecule has 1 aromatic rings. The van der Waals surface area contributed by atoms with Gasteiger partial charge in [-0.2, -0.15) is 0 Å². The molecule has 0 aliphatic carbocycles. The van der Waals surface area contributed by atoms with Gasteiger partial charge in [0.05, 0.1) is 18.9 Å². The van der Waals surface area contributed by atoms with E-state index in [1.807, 2.05) is 17.0 Å². The first-order valence-corrected chi connectivity index (χ1v) is 12.2. The second-order valence-corrected chi connectivity index (χ2v) is 9.66. The lowest BCUT2D eigenvalue weighted by Crippen LogP contribution is -2.50. The van der Waals surface area contributed by atoms with Crippen molar-refractivity contribution in [2.45, 2.75) is 56.7 Å². The van der Waals surface area contributed by atoms with Crippen LogP contribution < -0.4 is 20.4 Å². The lowest BCUT2D eigenvalue weighted by atomic mass is 9.92. The maximum absolute atomic E-state index is 15.2. The van der Waals surface area contributed by atoms with Crippen molar-refractivity contribution in [3.63, 3.8) is 0 Å². The van der Waals surface area contributed by atoms with E-state index in [9.17, 15) is 4.79 Å². The van der Waals surface area contributed by atoms with Crippen LogP contribution in [0.15, 0.2) is 18.2 Å². The summed E-state index contributed by atoms with van der Waals surface area (Å²) in [7, 11) is 0. The third kappa shape index (κ3) is 5.02. The number of morpholine rings is 1. The maximum Gasteiger partial charge on any atom is 0.322 e. The number of hydrogen-bond donors (Lipinski definition) is 2. The van der Waals surface area contributed by atoms with Crippen LogP contribution in [-0.2, 0) is 9.47 Å².